The molecule has 0 aromatic heterocycles. The number of benzene rings is 1. The topological polar surface area (TPSA) is 53.6 Å². The van der Waals surface area contributed by atoms with Crippen molar-refractivity contribution in [3.8, 4) is 5.75 Å². The number of amides is 1. The van der Waals surface area contributed by atoms with Crippen LogP contribution >= 0.6 is 0 Å². The van der Waals surface area contributed by atoms with Gasteiger partial charge in [-0.2, -0.15) is 0 Å². The van der Waals surface area contributed by atoms with Crippen molar-refractivity contribution >= 4 is 5.91 Å². The molecule has 1 aromatic carbocycles. The number of hydrogen-bond donors (Lipinski definition) is 2. The van der Waals surface area contributed by atoms with E-state index in [2.05, 4.69) is 15.5 Å². The molecule has 1 amide bonds. The van der Waals surface area contributed by atoms with Gasteiger partial charge in [0, 0.05) is 45.7 Å². The normalized spacial score (nSPS) is 22.1. The summed E-state index contributed by atoms with van der Waals surface area (Å²) in [5.41, 5.74) is 1.12. The van der Waals surface area contributed by atoms with E-state index in [4.69, 9.17) is 4.74 Å². The van der Waals surface area contributed by atoms with Gasteiger partial charge in [-0.3, -0.25) is 9.69 Å². The number of carbonyl (C=O) groups is 1. The van der Waals surface area contributed by atoms with Gasteiger partial charge in [-0.05, 0) is 11.6 Å². The Hall–Kier alpha value is -1.59. The van der Waals surface area contributed by atoms with Crippen molar-refractivity contribution in [1.82, 2.24) is 15.5 Å². The fraction of sp³-hybridized carbons (Fsp3) is 0.533. The van der Waals surface area contributed by atoms with E-state index in [0.29, 0.717) is 13.0 Å². The minimum atomic E-state index is -0.365. The second kappa shape index (κ2) is 6.24. The highest BCUT2D eigenvalue weighted by atomic mass is 16.5. The van der Waals surface area contributed by atoms with Crippen LogP contribution in [-0.4, -0.2) is 56.2 Å². The second-order valence-corrected chi connectivity index (χ2v) is 5.30. The molecule has 5 nitrogen and oxygen atoms in total. The molecule has 0 saturated carbocycles. The molecule has 108 valence electrons. The van der Waals surface area contributed by atoms with Crippen LogP contribution in [0.1, 0.15) is 5.56 Å². The largest absolute Gasteiger partial charge is 0.480 e. The number of nitrogens with one attached hydrogen (secondary N) is 2. The molecular weight excluding hydrogens is 254 g/mol. The van der Waals surface area contributed by atoms with Gasteiger partial charge in [-0.15, -0.1) is 0 Å². The Kier molecular flexibility index (Phi) is 4.18. The van der Waals surface area contributed by atoms with Crippen LogP contribution in [0.25, 0.3) is 0 Å². The van der Waals surface area contributed by atoms with Crippen LogP contribution in [0.2, 0.25) is 0 Å². The Labute approximate surface area is 119 Å². The molecule has 2 heterocycles. The number of para-hydroxylation sites is 1. The molecule has 2 N–H and O–H groups in total. The summed E-state index contributed by atoms with van der Waals surface area (Å²) < 4.78 is 5.68. The van der Waals surface area contributed by atoms with Crippen LogP contribution in [-0.2, 0) is 11.2 Å². The SMILES string of the molecule is O=C(NCCN1CCNCC1)C1Cc2ccccc2O1. The molecule has 0 radical (unpaired) electrons. The summed E-state index contributed by atoms with van der Waals surface area (Å²) in [6.07, 6.45) is 0.311. The quantitative estimate of drug-likeness (QED) is 0.813. The van der Waals surface area contributed by atoms with Crippen molar-refractivity contribution in [2.24, 2.45) is 0 Å². The molecule has 20 heavy (non-hydrogen) atoms. The monoisotopic (exact) mass is 275 g/mol. The van der Waals surface area contributed by atoms with E-state index in [1.54, 1.807) is 0 Å². The first-order valence-corrected chi connectivity index (χ1v) is 7.28. The lowest BCUT2D eigenvalue weighted by atomic mass is 10.1. The molecule has 1 atom stereocenters. The van der Waals surface area contributed by atoms with Gasteiger partial charge in [0.25, 0.3) is 5.91 Å². The lowest BCUT2D eigenvalue weighted by Gasteiger charge is -2.27. The summed E-state index contributed by atoms with van der Waals surface area (Å²) in [6, 6.07) is 7.85. The molecule has 1 saturated heterocycles. The van der Waals surface area contributed by atoms with E-state index in [0.717, 1.165) is 44.0 Å². The van der Waals surface area contributed by atoms with Gasteiger partial charge in [0.1, 0.15) is 5.75 Å². The Morgan fingerprint density at radius 3 is 2.95 bits per heavy atom. The Balaban J connectivity index is 1.42. The van der Waals surface area contributed by atoms with Crippen LogP contribution < -0.4 is 15.4 Å². The van der Waals surface area contributed by atoms with Crippen molar-refractivity contribution in [2.75, 3.05) is 39.3 Å². The lowest BCUT2D eigenvalue weighted by Crippen LogP contribution is -2.47. The summed E-state index contributed by atoms with van der Waals surface area (Å²) in [6.45, 7) is 5.79. The van der Waals surface area contributed by atoms with Crippen LogP contribution in [0.3, 0.4) is 0 Å². The maximum atomic E-state index is 12.1. The smallest absolute Gasteiger partial charge is 0.261 e. The molecular formula is C15H21N3O2. The first-order chi connectivity index (χ1) is 9.83. The molecule has 3 rings (SSSR count). The maximum Gasteiger partial charge on any atom is 0.261 e. The fourth-order valence-electron chi connectivity index (χ4n) is 2.71. The minimum absolute atomic E-state index is 0.00339. The van der Waals surface area contributed by atoms with E-state index >= 15 is 0 Å². The summed E-state index contributed by atoms with van der Waals surface area (Å²) in [4.78, 5) is 14.5. The van der Waals surface area contributed by atoms with Gasteiger partial charge < -0.3 is 15.4 Å². The third-order valence-corrected chi connectivity index (χ3v) is 3.88. The van der Waals surface area contributed by atoms with Gasteiger partial charge in [0.05, 0.1) is 0 Å². The number of rotatable bonds is 4. The maximum absolute atomic E-state index is 12.1. The number of fused-ring (bicyclic) bond motifs is 1. The highest BCUT2D eigenvalue weighted by molar-refractivity contribution is 5.82. The Morgan fingerprint density at radius 1 is 1.35 bits per heavy atom. The average Bonchev–Trinajstić information content (AvgIpc) is 2.92. The molecule has 1 fully saturated rings. The zero-order chi connectivity index (χ0) is 13.8. The minimum Gasteiger partial charge on any atom is -0.480 e. The fourth-order valence-corrected chi connectivity index (χ4v) is 2.71. The first-order valence-electron chi connectivity index (χ1n) is 7.28. The summed E-state index contributed by atoms with van der Waals surface area (Å²) in [5, 5.41) is 6.30. The molecule has 0 aliphatic carbocycles. The number of piperazine rings is 1. The standard InChI is InChI=1S/C15H21N3O2/c19-15(17-7-10-18-8-5-16-6-9-18)14-11-12-3-1-2-4-13(12)20-14/h1-4,14,16H,5-11H2,(H,17,19). The zero-order valence-corrected chi connectivity index (χ0v) is 11.6. The highest BCUT2D eigenvalue weighted by Gasteiger charge is 2.28. The van der Waals surface area contributed by atoms with Crippen LogP contribution in [0.15, 0.2) is 24.3 Å². The molecule has 1 unspecified atom stereocenters. The second-order valence-electron chi connectivity index (χ2n) is 5.30. The van der Waals surface area contributed by atoms with Gasteiger partial charge >= 0.3 is 0 Å². The van der Waals surface area contributed by atoms with Crippen LogP contribution in [0, 0.1) is 0 Å². The summed E-state index contributed by atoms with van der Waals surface area (Å²) in [5.74, 6) is 0.839. The van der Waals surface area contributed by atoms with Gasteiger partial charge in [0.2, 0.25) is 0 Å². The van der Waals surface area contributed by atoms with E-state index in [1.165, 1.54) is 0 Å². The molecule has 2 aliphatic heterocycles. The lowest BCUT2D eigenvalue weighted by molar-refractivity contribution is -0.127. The number of nitrogens with zero attached hydrogens (tertiary/aromatic N) is 1. The van der Waals surface area contributed by atoms with Crippen molar-refractivity contribution < 1.29 is 9.53 Å². The van der Waals surface area contributed by atoms with Crippen LogP contribution in [0.4, 0.5) is 0 Å². The molecule has 2 aliphatic rings. The third kappa shape index (κ3) is 3.11. The van der Waals surface area contributed by atoms with Gasteiger partial charge in [0.15, 0.2) is 6.10 Å². The first kappa shape index (κ1) is 13.4. The predicted molar refractivity (Wildman–Crippen MR) is 76.9 cm³/mol. The van der Waals surface area contributed by atoms with E-state index in [9.17, 15) is 4.79 Å². The molecule has 0 bridgehead atoms. The molecule has 1 aromatic rings. The number of carbonyl (C=O) groups excluding carboxylic acids is 1. The van der Waals surface area contributed by atoms with Crippen molar-refractivity contribution in [1.29, 1.82) is 0 Å². The van der Waals surface area contributed by atoms with E-state index < -0.39 is 0 Å². The zero-order valence-electron chi connectivity index (χ0n) is 11.6. The highest BCUT2D eigenvalue weighted by Crippen LogP contribution is 2.27. The molecule has 5 heteroatoms. The Morgan fingerprint density at radius 2 is 2.15 bits per heavy atom. The van der Waals surface area contributed by atoms with Crippen molar-refractivity contribution in [3.63, 3.8) is 0 Å². The van der Waals surface area contributed by atoms with E-state index in [1.807, 2.05) is 24.3 Å². The molecule has 0 spiro atoms. The average molecular weight is 275 g/mol. The number of hydrogen-bond acceptors (Lipinski definition) is 4. The third-order valence-electron chi connectivity index (χ3n) is 3.88. The summed E-state index contributed by atoms with van der Waals surface area (Å²) >= 11 is 0. The Bertz CT molecular complexity index is 447. The van der Waals surface area contributed by atoms with E-state index in [-0.39, 0.29) is 12.0 Å². The number of ether oxygens (including phenoxy) is 1. The van der Waals surface area contributed by atoms with Gasteiger partial charge in [-0.1, -0.05) is 18.2 Å². The predicted octanol–water partition coefficient (Wildman–Crippen LogP) is 0.0115. The van der Waals surface area contributed by atoms with Crippen molar-refractivity contribution in [2.45, 2.75) is 12.5 Å². The van der Waals surface area contributed by atoms with Crippen molar-refractivity contribution in [3.05, 3.63) is 29.8 Å². The van der Waals surface area contributed by atoms with Gasteiger partial charge in [-0.25, -0.2) is 0 Å². The van der Waals surface area contributed by atoms with Crippen LogP contribution in [0.5, 0.6) is 5.75 Å². The summed E-state index contributed by atoms with van der Waals surface area (Å²) in [7, 11) is 0.